The summed E-state index contributed by atoms with van der Waals surface area (Å²) in [5.41, 5.74) is 0.486. The van der Waals surface area contributed by atoms with Crippen molar-refractivity contribution >= 4 is 17.5 Å². The van der Waals surface area contributed by atoms with Crippen LogP contribution in [0.1, 0.15) is 27.7 Å². The largest absolute Gasteiger partial charge is 0.489 e. The van der Waals surface area contributed by atoms with E-state index in [1.54, 1.807) is 32.0 Å². The minimum atomic E-state index is -0.700. The number of benzene rings is 1. The Morgan fingerprint density at radius 2 is 1.68 bits per heavy atom. The Morgan fingerprint density at radius 1 is 1.05 bits per heavy atom. The molecule has 0 radical (unpaired) electrons. The van der Waals surface area contributed by atoms with Crippen molar-refractivity contribution in [3.05, 3.63) is 24.3 Å². The lowest BCUT2D eigenvalue weighted by Gasteiger charge is -2.15. The Hall–Kier alpha value is -2.04. The lowest BCUT2D eigenvalue weighted by atomic mass is 10.2. The number of carbonyl (C=O) groups excluding carboxylic acids is 2. The first-order valence-electron chi connectivity index (χ1n) is 6.27. The third-order valence-corrected chi connectivity index (χ3v) is 2.12. The zero-order valence-corrected chi connectivity index (χ0v) is 11.7. The van der Waals surface area contributed by atoms with Gasteiger partial charge in [-0.2, -0.15) is 0 Å². The van der Waals surface area contributed by atoms with Crippen LogP contribution in [0, 0.1) is 0 Å². The Kier molecular flexibility index (Phi) is 5.36. The van der Waals surface area contributed by atoms with Crippen molar-refractivity contribution in [1.82, 2.24) is 5.32 Å². The minimum absolute atomic E-state index is 0.0115. The van der Waals surface area contributed by atoms with Crippen LogP contribution >= 0.6 is 0 Å². The molecule has 0 fully saturated rings. The van der Waals surface area contributed by atoms with Gasteiger partial charge < -0.3 is 15.4 Å². The van der Waals surface area contributed by atoms with Gasteiger partial charge in [0.05, 0.1) is 11.8 Å². The zero-order valence-electron chi connectivity index (χ0n) is 11.7. The van der Waals surface area contributed by atoms with E-state index in [9.17, 15) is 9.59 Å². The molecule has 2 N–H and O–H groups in total. The van der Waals surface area contributed by atoms with Crippen LogP contribution in [0.15, 0.2) is 24.3 Å². The molecule has 0 saturated carbocycles. The van der Waals surface area contributed by atoms with Crippen LogP contribution in [0.4, 0.5) is 5.69 Å². The first-order chi connectivity index (χ1) is 8.90. The Labute approximate surface area is 113 Å². The maximum absolute atomic E-state index is 11.7. The van der Waals surface area contributed by atoms with E-state index in [1.165, 1.54) is 0 Å². The summed E-state index contributed by atoms with van der Waals surface area (Å²) < 4.78 is 5.56. The Morgan fingerprint density at radius 3 is 2.26 bits per heavy atom. The van der Waals surface area contributed by atoms with Crippen LogP contribution < -0.4 is 15.4 Å². The molecule has 2 amide bonds. The number of rotatable bonds is 4. The molecular weight excluding hydrogens is 244 g/mol. The van der Waals surface area contributed by atoms with Crippen LogP contribution in [0.25, 0.3) is 0 Å². The molecule has 0 heterocycles. The first kappa shape index (κ1) is 15.0. The van der Waals surface area contributed by atoms with Crippen LogP contribution in [-0.4, -0.2) is 24.0 Å². The summed E-state index contributed by atoms with van der Waals surface area (Å²) in [6.45, 7) is 7.37. The standard InChI is InChI=1S/C14H20N2O3/c1-9(2)15-13(17)14(18)16-11-7-5-6-8-12(11)19-10(3)4/h5-10H,1-4H3,(H,15,17)(H,16,18). The normalized spacial score (nSPS) is 10.4. The fraction of sp³-hybridized carbons (Fsp3) is 0.429. The second-order valence-corrected chi connectivity index (χ2v) is 4.75. The number of anilines is 1. The molecule has 1 aromatic rings. The van der Waals surface area contributed by atoms with Crippen molar-refractivity contribution in [2.45, 2.75) is 39.8 Å². The molecule has 0 unspecified atom stereocenters. The zero-order chi connectivity index (χ0) is 14.4. The van der Waals surface area contributed by atoms with Gasteiger partial charge in [0.15, 0.2) is 0 Å². The van der Waals surface area contributed by atoms with Gasteiger partial charge in [0.2, 0.25) is 0 Å². The summed E-state index contributed by atoms with van der Waals surface area (Å²) in [6, 6.07) is 6.93. The molecule has 1 rings (SSSR count). The molecule has 0 aliphatic carbocycles. The van der Waals surface area contributed by atoms with Crippen LogP contribution in [-0.2, 0) is 9.59 Å². The van der Waals surface area contributed by atoms with Gasteiger partial charge in [-0.15, -0.1) is 0 Å². The molecule has 5 nitrogen and oxygen atoms in total. The fourth-order valence-electron chi connectivity index (χ4n) is 1.43. The highest BCUT2D eigenvalue weighted by Gasteiger charge is 2.16. The van der Waals surface area contributed by atoms with Gasteiger partial charge in [-0.3, -0.25) is 9.59 Å². The average molecular weight is 264 g/mol. The average Bonchev–Trinajstić information content (AvgIpc) is 2.30. The summed E-state index contributed by atoms with van der Waals surface area (Å²) in [7, 11) is 0. The highest BCUT2D eigenvalue weighted by Crippen LogP contribution is 2.24. The third kappa shape index (κ3) is 4.99. The van der Waals surface area contributed by atoms with Gasteiger partial charge in [-0.05, 0) is 39.8 Å². The number of ether oxygens (including phenoxy) is 1. The van der Waals surface area contributed by atoms with E-state index in [1.807, 2.05) is 19.9 Å². The van der Waals surface area contributed by atoms with E-state index in [2.05, 4.69) is 10.6 Å². The second kappa shape index (κ2) is 6.78. The SMILES string of the molecule is CC(C)NC(=O)C(=O)Nc1ccccc1OC(C)C. The van der Waals surface area contributed by atoms with Crippen molar-refractivity contribution in [3.8, 4) is 5.75 Å². The van der Waals surface area contributed by atoms with Crippen molar-refractivity contribution in [2.24, 2.45) is 0 Å². The van der Waals surface area contributed by atoms with Crippen molar-refractivity contribution < 1.29 is 14.3 Å². The van der Waals surface area contributed by atoms with Gasteiger partial charge in [0.25, 0.3) is 0 Å². The first-order valence-corrected chi connectivity index (χ1v) is 6.27. The smallest absolute Gasteiger partial charge is 0.313 e. The molecule has 0 aromatic heterocycles. The van der Waals surface area contributed by atoms with Crippen LogP contribution in [0.3, 0.4) is 0 Å². The molecule has 5 heteroatoms. The van der Waals surface area contributed by atoms with E-state index in [4.69, 9.17) is 4.74 Å². The second-order valence-electron chi connectivity index (χ2n) is 4.75. The van der Waals surface area contributed by atoms with E-state index in [0.29, 0.717) is 11.4 Å². The molecule has 0 aliphatic rings. The summed E-state index contributed by atoms with van der Waals surface area (Å²) in [4.78, 5) is 23.2. The maximum Gasteiger partial charge on any atom is 0.313 e. The number of carbonyl (C=O) groups is 2. The predicted octanol–water partition coefficient (Wildman–Crippen LogP) is 1.94. The summed E-state index contributed by atoms with van der Waals surface area (Å²) in [5, 5.41) is 5.08. The monoisotopic (exact) mass is 264 g/mol. The van der Waals surface area contributed by atoms with Gasteiger partial charge in [0, 0.05) is 6.04 Å². The van der Waals surface area contributed by atoms with Crippen LogP contribution in [0.5, 0.6) is 5.75 Å². The van der Waals surface area contributed by atoms with E-state index < -0.39 is 11.8 Å². The van der Waals surface area contributed by atoms with E-state index >= 15 is 0 Å². The molecule has 1 aromatic carbocycles. The minimum Gasteiger partial charge on any atom is -0.489 e. The number of hydrogen-bond acceptors (Lipinski definition) is 3. The predicted molar refractivity (Wildman–Crippen MR) is 74.1 cm³/mol. The summed E-state index contributed by atoms with van der Waals surface area (Å²) in [5.74, 6) is -0.814. The topological polar surface area (TPSA) is 67.4 Å². The third-order valence-electron chi connectivity index (χ3n) is 2.12. The summed E-state index contributed by atoms with van der Waals surface area (Å²) in [6.07, 6.45) is -0.0115. The molecule has 0 spiro atoms. The number of amides is 2. The van der Waals surface area contributed by atoms with Crippen molar-refractivity contribution in [2.75, 3.05) is 5.32 Å². The number of para-hydroxylation sites is 2. The lowest BCUT2D eigenvalue weighted by molar-refractivity contribution is -0.136. The number of hydrogen-bond donors (Lipinski definition) is 2. The molecule has 19 heavy (non-hydrogen) atoms. The summed E-state index contributed by atoms with van der Waals surface area (Å²) >= 11 is 0. The van der Waals surface area contributed by atoms with Crippen molar-refractivity contribution in [1.29, 1.82) is 0 Å². The fourth-order valence-corrected chi connectivity index (χ4v) is 1.43. The van der Waals surface area contributed by atoms with Gasteiger partial charge >= 0.3 is 11.8 Å². The number of nitrogens with one attached hydrogen (secondary N) is 2. The lowest BCUT2D eigenvalue weighted by Crippen LogP contribution is -2.39. The molecule has 0 bridgehead atoms. The van der Waals surface area contributed by atoms with Gasteiger partial charge in [-0.1, -0.05) is 12.1 Å². The van der Waals surface area contributed by atoms with Crippen LogP contribution in [0.2, 0.25) is 0 Å². The molecule has 0 aliphatic heterocycles. The van der Waals surface area contributed by atoms with Gasteiger partial charge in [-0.25, -0.2) is 0 Å². The Balaban J connectivity index is 2.76. The van der Waals surface area contributed by atoms with E-state index in [-0.39, 0.29) is 12.1 Å². The molecule has 0 saturated heterocycles. The Bertz CT molecular complexity index is 456. The van der Waals surface area contributed by atoms with E-state index in [0.717, 1.165) is 0 Å². The highest BCUT2D eigenvalue weighted by molar-refractivity contribution is 6.39. The highest BCUT2D eigenvalue weighted by atomic mass is 16.5. The molecule has 0 atom stereocenters. The molecular formula is C14H20N2O3. The van der Waals surface area contributed by atoms with Crippen molar-refractivity contribution in [3.63, 3.8) is 0 Å². The maximum atomic E-state index is 11.7. The van der Waals surface area contributed by atoms with Gasteiger partial charge in [0.1, 0.15) is 5.75 Å². The quantitative estimate of drug-likeness (QED) is 0.817. The molecule has 104 valence electrons.